The Balaban J connectivity index is 1.52. The molecule has 0 saturated heterocycles. The number of rotatable bonds is 5. The Hall–Kier alpha value is -2.93. The molecule has 1 aliphatic heterocycles. The number of halogens is 1. The second kappa shape index (κ2) is 10.6. The summed E-state index contributed by atoms with van der Waals surface area (Å²) in [5, 5.41) is 3.54. The highest BCUT2D eigenvalue weighted by Crippen LogP contribution is 2.29. The number of nitrogens with zero attached hydrogens (tertiary/aromatic N) is 2. The van der Waals surface area contributed by atoms with E-state index < -0.39 is 5.82 Å². The van der Waals surface area contributed by atoms with E-state index in [0.717, 1.165) is 25.7 Å². The standard InChI is InChI=1S/C25H26FN3O2S/c26-21-15-9-8-10-18(21)16-22-24(31)29(20-13-6-3-7-14-20)25(28-22)32-17-23(30)27-19-11-4-1-2-5-12-19/h3,6-10,13-16,19H,1-2,4-5,11-12,17H2,(H,27,30)/b22-16-. The van der Waals surface area contributed by atoms with Gasteiger partial charge in [0.15, 0.2) is 5.17 Å². The molecular formula is C25H26FN3O2S. The van der Waals surface area contributed by atoms with Crippen LogP contribution in [0.2, 0.25) is 0 Å². The number of hydrogen-bond donors (Lipinski definition) is 1. The predicted octanol–water partition coefficient (Wildman–Crippen LogP) is 5.14. The van der Waals surface area contributed by atoms with Crippen LogP contribution in [0.25, 0.3) is 6.08 Å². The number of para-hydroxylation sites is 1. The lowest BCUT2D eigenvalue weighted by Crippen LogP contribution is -2.37. The van der Waals surface area contributed by atoms with Crippen molar-refractivity contribution in [1.82, 2.24) is 5.32 Å². The van der Waals surface area contributed by atoms with Gasteiger partial charge in [0.1, 0.15) is 11.5 Å². The predicted molar refractivity (Wildman–Crippen MR) is 128 cm³/mol. The molecule has 0 unspecified atom stereocenters. The lowest BCUT2D eigenvalue weighted by molar-refractivity contribution is -0.119. The van der Waals surface area contributed by atoms with Gasteiger partial charge in [-0.05, 0) is 37.1 Å². The first-order chi connectivity index (χ1) is 15.6. The first-order valence-electron chi connectivity index (χ1n) is 11.0. The van der Waals surface area contributed by atoms with Crippen LogP contribution >= 0.6 is 11.8 Å². The molecule has 2 aromatic rings. The minimum absolute atomic E-state index is 0.0587. The molecule has 1 fully saturated rings. The van der Waals surface area contributed by atoms with Gasteiger partial charge in [0.25, 0.3) is 5.91 Å². The number of carbonyl (C=O) groups is 2. The third-order valence-electron chi connectivity index (χ3n) is 5.59. The zero-order valence-electron chi connectivity index (χ0n) is 17.8. The molecule has 2 amide bonds. The van der Waals surface area contributed by atoms with Crippen molar-refractivity contribution >= 4 is 40.5 Å². The summed E-state index contributed by atoms with van der Waals surface area (Å²) >= 11 is 1.22. The number of thioether (sulfide) groups is 1. The van der Waals surface area contributed by atoms with Crippen LogP contribution in [0.5, 0.6) is 0 Å². The fourth-order valence-corrected chi connectivity index (χ4v) is 4.78. The molecule has 32 heavy (non-hydrogen) atoms. The van der Waals surface area contributed by atoms with Crippen LogP contribution in [-0.2, 0) is 9.59 Å². The Morgan fingerprint density at radius 3 is 2.47 bits per heavy atom. The number of hydrogen-bond acceptors (Lipinski definition) is 4. The number of aliphatic imine (C=N–C) groups is 1. The summed E-state index contributed by atoms with van der Waals surface area (Å²) in [6.07, 6.45) is 8.22. The molecule has 0 atom stereocenters. The molecule has 2 aliphatic rings. The Kier molecular flexibility index (Phi) is 7.37. The zero-order chi connectivity index (χ0) is 22.3. The Labute approximate surface area is 191 Å². The summed E-state index contributed by atoms with van der Waals surface area (Å²) in [4.78, 5) is 31.7. The second-order valence-electron chi connectivity index (χ2n) is 7.97. The topological polar surface area (TPSA) is 61.8 Å². The van der Waals surface area contributed by atoms with Gasteiger partial charge in [0.2, 0.25) is 5.91 Å². The van der Waals surface area contributed by atoms with Crippen molar-refractivity contribution in [3.05, 3.63) is 71.7 Å². The van der Waals surface area contributed by atoms with Gasteiger partial charge in [0.05, 0.1) is 11.4 Å². The summed E-state index contributed by atoms with van der Waals surface area (Å²) in [7, 11) is 0. The van der Waals surface area contributed by atoms with Crippen molar-refractivity contribution in [3.63, 3.8) is 0 Å². The molecule has 1 heterocycles. The van der Waals surface area contributed by atoms with E-state index in [1.807, 2.05) is 30.3 Å². The van der Waals surface area contributed by atoms with Crippen LogP contribution in [0.4, 0.5) is 10.1 Å². The molecule has 0 spiro atoms. The molecule has 1 N–H and O–H groups in total. The quantitative estimate of drug-likeness (QED) is 0.506. The van der Waals surface area contributed by atoms with Crippen LogP contribution in [-0.4, -0.2) is 28.8 Å². The lowest BCUT2D eigenvalue weighted by Gasteiger charge is -2.19. The highest BCUT2D eigenvalue weighted by molar-refractivity contribution is 8.14. The van der Waals surface area contributed by atoms with E-state index in [1.165, 1.54) is 41.6 Å². The van der Waals surface area contributed by atoms with E-state index in [2.05, 4.69) is 10.3 Å². The molecule has 5 nitrogen and oxygen atoms in total. The average molecular weight is 452 g/mol. The van der Waals surface area contributed by atoms with Crippen molar-refractivity contribution in [1.29, 1.82) is 0 Å². The van der Waals surface area contributed by atoms with Gasteiger partial charge < -0.3 is 5.32 Å². The van der Waals surface area contributed by atoms with Crippen molar-refractivity contribution in [3.8, 4) is 0 Å². The van der Waals surface area contributed by atoms with Gasteiger partial charge in [0, 0.05) is 11.6 Å². The van der Waals surface area contributed by atoms with E-state index in [0.29, 0.717) is 16.4 Å². The lowest BCUT2D eigenvalue weighted by atomic mass is 10.1. The maximum absolute atomic E-state index is 14.1. The third kappa shape index (κ3) is 5.46. The number of amidine groups is 1. The van der Waals surface area contributed by atoms with E-state index in [9.17, 15) is 14.0 Å². The zero-order valence-corrected chi connectivity index (χ0v) is 18.6. The normalized spacial score (nSPS) is 18.5. The highest BCUT2D eigenvalue weighted by Gasteiger charge is 2.32. The molecule has 1 saturated carbocycles. The molecule has 166 valence electrons. The molecule has 0 bridgehead atoms. The maximum Gasteiger partial charge on any atom is 0.283 e. The van der Waals surface area contributed by atoms with Crippen molar-refractivity contribution in [2.24, 2.45) is 4.99 Å². The number of anilines is 1. The molecule has 4 rings (SSSR count). The van der Waals surface area contributed by atoms with Gasteiger partial charge in [-0.25, -0.2) is 9.38 Å². The van der Waals surface area contributed by atoms with Crippen LogP contribution in [0.1, 0.15) is 44.1 Å². The van der Waals surface area contributed by atoms with Crippen LogP contribution in [0, 0.1) is 5.82 Å². The van der Waals surface area contributed by atoms with Gasteiger partial charge in [-0.3, -0.25) is 14.5 Å². The molecule has 2 aromatic carbocycles. The minimum atomic E-state index is -0.418. The summed E-state index contributed by atoms with van der Waals surface area (Å²) in [6.45, 7) is 0. The van der Waals surface area contributed by atoms with E-state index >= 15 is 0 Å². The van der Waals surface area contributed by atoms with Crippen molar-refractivity contribution in [2.45, 2.75) is 44.6 Å². The molecule has 0 aromatic heterocycles. The number of amides is 2. The van der Waals surface area contributed by atoms with E-state index in [1.54, 1.807) is 18.2 Å². The van der Waals surface area contributed by atoms with Crippen molar-refractivity contribution in [2.75, 3.05) is 10.7 Å². The van der Waals surface area contributed by atoms with Crippen molar-refractivity contribution < 1.29 is 14.0 Å². The second-order valence-corrected chi connectivity index (χ2v) is 8.91. The molecule has 7 heteroatoms. The van der Waals surface area contributed by atoms with Crippen LogP contribution in [0.15, 0.2) is 65.3 Å². The van der Waals surface area contributed by atoms with Crippen LogP contribution in [0.3, 0.4) is 0 Å². The fourth-order valence-electron chi connectivity index (χ4n) is 3.96. The largest absolute Gasteiger partial charge is 0.353 e. The van der Waals surface area contributed by atoms with Gasteiger partial charge in [-0.2, -0.15) is 0 Å². The molecular weight excluding hydrogens is 425 g/mol. The summed E-state index contributed by atoms with van der Waals surface area (Å²) in [5.74, 6) is -0.653. The van der Waals surface area contributed by atoms with Gasteiger partial charge in [-0.1, -0.05) is 73.8 Å². The summed E-state index contributed by atoms with van der Waals surface area (Å²) in [6, 6.07) is 15.6. The van der Waals surface area contributed by atoms with Gasteiger partial charge >= 0.3 is 0 Å². The fraction of sp³-hybridized carbons (Fsp3) is 0.320. The number of carbonyl (C=O) groups excluding carboxylic acids is 2. The van der Waals surface area contributed by atoms with Gasteiger partial charge in [-0.15, -0.1) is 0 Å². The SMILES string of the molecule is O=C(CSC1=N/C(=C\c2ccccc2F)C(=O)N1c1ccccc1)NC1CCCCCC1. The third-order valence-corrected chi connectivity index (χ3v) is 6.53. The first-order valence-corrected chi connectivity index (χ1v) is 12.0. The Morgan fingerprint density at radius 2 is 1.75 bits per heavy atom. The summed E-state index contributed by atoms with van der Waals surface area (Å²) in [5.41, 5.74) is 1.10. The monoisotopic (exact) mass is 451 g/mol. The summed E-state index contributed by atoms with van der Waals surface area (Å²) < 4.78 is 14.1. The average Bonchev–Trinajstić information content (AvgIpc) is 2.94. The minimum Gasteiger partial charge on any atom is -0.353 e. The smallest absolute Gasteiger partial charge is 0.283 e. The number of benzene rings is 2. The first kappa shape index (κ1) is 22.3. The van der Waals surface area contributed by atoms with Crippen LogP contribution < -0.4 is 10.2 Å². The van der Waals surface area contributed by atoms with E-state index in [4.69, 9.17) is 0 Å². The highest BCUT2D eigenvalue weighted by atomic mass is 32.2. The van der Waals surface area contributed by atoms with E-state index in [-0.39, 0.29) is 29.3 Å². The molecule has 1 aliphatic carbocycles. The molecule has 0 radical (unpaired) electrons. The Bertz CT molecular complexity index is 1030. The Morgan fingerprint density at radius 1 is 1.06 bits per heavy atom. The maximum atomic E-state index is 14.1. The number of nitrogens with one attached hydrogen (secondary N) is 1.